The number of aryl methyl sites for hydroxylation is 2. The number of hydrogen-bond donors (Lipinski definition) is 1. The van der Waals surface area contributed by atoms with Gasteiger partial charge in [0.25, 0.3) is 0 Å². The lowest BCUT2D eigenvalue weighted by molar-refractivity contribution is 0.538. The molecule has 0 saturated heterocycles. The summed E-state index contributed by atoms with van der Waals surface area (Å²) in [6.07, 6.45) is 0. The van der Waals surface area contributed by atoms with Crippen molar-refractivity contribution in [1.82, 2.24) is 0 Å². The fourth-order valence-electron chi connectivity index (χ4n) is 2.00. The fraction of sp³-hybridized carbons (Fsp3) is 0.200. The first-order chi connectivity index (χ1) is 8.91. The number of rotatable bonds is 2. The van der Waals surface area contributed by atoms with Crippen molar-refractivity contribution < 1.29 is 8.78 Å². The van der Waals surface area contributed by atoms with Gasteiger partial charge < -0.3 is 5.73 Å². The Balaban J connectivity index is 2.56. The first-order valence-electron chi connectivity index (χ1n) is 5.88. The van der Waals surface area contributed by atoms with Gasteiger partial charge in [-0.3, -0.25) is 0 Å². The van der Waals surface area contributed by atoms with E-state index >= 15 is 0 Å². The highest BCUT2D eigenvalue weighted by atomic mass is 35.5. The van der Waals surface area contributed by atoms with Crippen LogP contribution in [0.2, 0.25) is 5.02 Å². The van der Waals surface area contributed by atoms with Gasteiger partial charge in [-0.25, -0.2) is 8.78 Å². The van der Waals surface area contributed by atoms with Gasteiger partial charge in [0.1, 0.15) is 11.6 Å². The minimum atomic E-state index is -0.923. The van der Waals surface area contributed by atoms with Gasteiger partial charge in [-0.05, 0) is 42.7 Å². The predicted molar refractivity (Wildman–Crippen MR) is 73.3 cm³/mol. The zero-order valence-electron chi connectivity index (χ0n) is 10.7. The van der Waals surface area contributed by atoms with Crippen molar-refractivity contribution in [3.8, 4) is 0 Å². The molecule has 0 spiro atoms. The first kappa shape index (κ1) is 14.0. The van der Waals surface area contributed by atoms with E-state index in [2.05, 4.69) is 0 Å². The van der Waals surface area contributed by atoms with E-state index in [4.69, 9.17) is 17.3 Å². The van der Waals surface area contributed by atoms with E-state index in [1.165, 1.54) is 12.1 Å². The molecule has 1 unspecified atom stereocenters. The Morgan fingerprint density at radius 3 is 2.42 bits per heavy atom. The maximum atomic E-state index is 14.0. The van der Waals surface area contributed by atoms with E-state index in [1.807, 2.05) is 13.0 Å². The van der Waals surface area contributed by atoms with Crippen molar-refractivity contribution >= 4 is 11.6 Å². The monoisotopic (exact) mass is 281 g/mol. The van der Waals surface area contributed by atoms with Gasteiger partial charge in [0.2, 0.25) is 0 Å². The maximum absolute atomic E-state index is 14.0. The number of halogens is 3. The van der Waals surface area contributed by atoms with Gasteiger partial charge in [-0.15, -0.1) is 0 Å². The minimum absolute atomic E-state index is 0.147. The van der Waals surface area contributed by atoms with Crippen LogP contribution < -0.4 is 5.73 Å². The van der Waals surface area contributed by atoms with Crippen LogP contribution in [0.4, 0.5) is 8.78 Å². The molecule has 0 aliphatic rings. The van der Waals surface area contributed by atoms with E-state index in [0.29, 0.717) is 16.1 Å². The second-order valence-corrected chi connectivity index (χ2v) is 5.00. The van der Waals surface area contributed by atoms with Crippen molar-refractivity contribution in [1.29, 1.82) is 0 Å². The first-order valence-corrected chi connectivity index (χ1v) is 6.25. The second kappa shape index (κ2) is 5.27. The predicted octanol–water partition coefficient (Wildman–Crippen LogP) is 4.28. The fourth-order valence-corrected chi connectivity index (χ4v) is 2.36. The van der Waals surface area contributed by atoms with Crippen molar-refractivity contribution in [3.63, 3.8) is 0 Å². The molecule has 0 bridgehead atoms. The Morgan fingerprint density at radius 1 is 1.11 bits per heavy atom. The molecule has 2 rings (SSSR count). The average molecular weight is 282 g/mol. The quantitative estimate of drug-likeness (QED) is 0.873. The zero-order chi connectivity index (χ0) is 14.2. The lowest BCUT2D eigenvalue weighted by atomic mass is 9.96. The molecule has 0 fully saturated rings. The molecule has 0 aromatic heterocycles. The highest BCUT2D eigenvalue weighted by molar-refractivity contribution is 6.31. The Labute approximate surface area is 116 Å². The second-order valence-electron chi connectivity index (χ2n) is 4.59. The number of hydrogen-bond acceptors (Lipinski definition) is 1. The normalized spacial score (nSPS) is 12.5. The molecule has 0 aliphatic heterocycles. The molecule has 0 heterocycles. The molecule has 2 N–H and O–H groups in total. The lowest BCUT2D eigenvalue weighted by Gasteiger charge is -2.17. The van der Waals surface area contributed by atoms with Crippen molar-refractivity contribution in [2.24, 2.45) is 5.73 Å². The third-order valence-corrected chi connectivity index (χ3v) is 3.45. The van der Waals surface area contributed by atoms with Crippen LogP contribution in [0.3, 0.4) is 0 Å². The molecule has 0 amide bonds. The summed E-state index contributed by atoms with van der Waals surface area (Å²) >= 11 is 6.09. The minimum Gasteiger partial charge on any atom is -0.320 e. The summed E-state index contributed by atoms with van der Waals surface area (Å²) in [5.74, 6) is -1.28. The van der Waals surface area contributed by atoms with Crippen LogP contribution >= 0.6 is 11.6 Å². The Morgan fingerprint density at radius 2 is 1.79 bits per heavy atom. The highest BCUT2D eigenvalue weighted by Crippen LogP contribution is 2.31. The molecule has 0 aliphatic carbocycles. The molecular weight excluding hydrogens is 268 g/mol. The number of nitrogens with two attached hydrogens (primary N) is 1. The van der Waals surface area contributed by atoms with Crippen LogP contribution in [0.5, 0.6) is 0 Å². The van der Waals surface area contributed by atoms with Crippen LogP contribution in [-0.4, -0.2) is 0 Å². The van der Waals surface area contributed by atoms with Crippen LogP contribution in [0.1, 0.15) is 28.3 Å². The Bertz CT molecular complexity index is 626. The van der Waals surface area contributed by atoms with Crippen LogP contribution in [-0.2, 0) is 0 Å². The summed E-state index contributed by atoms with van der Waals surface area (Å²) in [4.78, 5) is 0. The molecular formula is C15H14ClF2N. The summed E-state index contributed by atoms with van der Waals surface area (Å²) in [6.45, 7) is 3.46. The Hall–Kier alpha value is -1.45. The lowest BCUT2D eigenvalue weighted by Crippen LogP contribution is -2.17. The highest BCUT2D eigenvalue weighted by Gasteiger charge is 2.21. The van der Waals surface area contributed by atoms with Crippen LogP contribution in [0.15, 0.2) is 30.3 Å². The summed E-state index contributed by atoms with van der Waals surface area (Å²) < 4.78 is 27.9. The van der Waals surface area contributed by atoms with Gasteiger partial charge in [0.15, 0.2) is 0 Å². The van der Waals surface area contributed by atoms with Gasteiger partial charge in [-0.2, -0.15) is 0 Å². The summed E-state index contributed by atoms with van der Waals surface area (Å²) in [5.41, 5.74) is 7.66. The van der Waals surface area contributed by atoms with Gasteiger partial charge in [0.05, 0.1) is 6.04 Å². The zero-order valence-corrected chi connectivity index (χ0v) is 11.4. The van der Waals surface area contributed by atoms with Crippen LogP contribution in [0.25, 0.3) is 0 Å². The smallest absolute Gasteiger partial charge is 0.134 e. The maximum Gasteiger partial charge on any atom is 0.134 e. The molecule has 1 nitrogen and oxygen atoms in total. The Kier molecular flexibility index (Phi) is 3.88. The van der Waals surface area contributed by atoms with Gasteiger partial charge >= 0.3 is 0 Å². The molecule has 2 aromatic carbocycles. The van der Waals surface area contributed by atoms with Crippen LogP contribution in [0, 0.1) is 25.5 Å². The molecule has 0 saturated carbocycles. The van der Waals surface area contributed by atoms with E-state index in [0.717, 1.165) is 5.56 Å². The van der Waals surface area contributed by atoms with Crippen molar-refractivity contribution in [2.45, 2.75) is 19.9 Å². The van der Waals surface area contributed by atoms with E-state index in [-0.39, 0.29) is 5.56 Å². The average Bonchev–Trinajstić information content (AvgIpc) is 2.34. The third-order valence-electron chi connectivity index (χ3n) is 3.12. The SMILES string of the molecule is Cc1ccc(C(N)c2c(F)ccc(C)c2F)c(Cl)c1. The molecule has 2 aromatic rings. The summed E-state index contributed by atoms with van der Waals surface area (Å²) in [7, 11) is 0. The van der Waals surface area contributed by atoms with E-state index < -0.39 is 17.7 Å². The van der Waals surface area contributed by atoms with Gasteiger partial charge in [-0.1, -0.05) is 29.8 Å². The van der Waals surface area contributed by atoms with E-state index in [9.17, 15) is 8.78 Å². The molecule has 100 valence electrons. The van der Waals surface area contributed by atoms with Gasteiger partial charge in [0, 0.05) is 10.6 Å². The molecule has 1 atom stereocenters. The summed E-state index contributed by atoms with van der Waals surface area (Å²) in [5, 5.41) is 0.410. The third kappa shape index (κ3) is 2.62. The summed E-state index contributed by atoms with van der Waals surface area (Å²) in [6, 6.07) is 6.92. The molecule has 0 radical (unpaired) electrons. The molecule has 19 heavy (non-hydrogen) atoms. The standard InChI is InChI=1S/C15H14ClF2N/c1-8-3-5-10(11(16)7-8)15(19)13-12(17)6-4-9(2)14(13)18/h3-7,15H,19H2,1-2H3. The largest absolute Gasteiger partial charge is 0.320 e. The molecule has 4 heteroatoms. The van der Waals surface area contributed by atoms with Crippen molar-refractivity contribution in [3.05, 3.63) is 69.2 Å². The number of benzene rings is 2. The van der Waals surface area contributed by atoms with Crippen molar-refractivity contribution in [2.75, 3.05) is 0 Å². The van der Waals surface area contributed by atoms with E-state index in [1.54, 1.807) is 19.1 Å². The topological polar surface area (TPSA) is 26.0 Å².